The number of piperidine rings is 1. The number of carbonyl (C=O) groups is 1. The molecule has 150 valence electrons. The largest absolute Gasteiger partial charge is 0.335 e. The Morgan fingerprint density at radius 2 is 1.81 bits per heavy atom. The minimum Gasteiger partial charge on any atom is -0.335 e. The first-order valence-corrected chi connectivity index (χ1v) is 10.9. The Hall–Kier alpha value is -1.68. The minimum absolute atomic E-state index is 0.114. The Bertz CT molecular complexity index is 735. The SMILES string of the molecule is CN1CC[C@@H](NC(=O)N2CCN(S(N)(=O)=O)CC2)[C@@H](Cc2ccccc2)C1. The topological polar surface area (TPSA) is 99.0 Å². The van der Waals surface area contributed by atoms with Crippen LogP contribution in [0.2, 0.25) is 0 Å². The second-order valence-corrected chi connectivity index (χ2v) is 9.03. The number of likely N-dealkylation sites (tertiary alicyclic amines) is 1. The molecule has 0 spiro atoms. The van der Waals surface area contributed by atoms with Gasteiger partial charge in [-0.2, -0.15) is 12.7 Å². The fourth-order valence-electron chi connectivity index (χ4n) is 3.92. The zero-order valence-corrected chi connectivity index (χ0v) is 16.6. The molecule has 0 aliphatic carbocycles. The minimum atomic E-state index is -3.68. The van der Waals surface area contributed by atoms with Crippen molar-refractivity contribution in [3.63, 3.8) is 0 Å². The zero-order valence-electron chi connectivity index (χ0n) is 15.8. The van der Waals surface area contributed by atoms with Gasteiger partial charge in [0.05, 0.1) is 0 Å². The summed E-state index contributed by atoms with van der Waals surface area (Å²) in [6.07, 6.45) is 1.84. The number of nitrogens with one attached hydrogen (secondary N) is 1. The molecule has 9 heteroatoms. The van der Waals surface area contributed by atoms with Crippen LogP contribution in [0.4, 0.5) is 4.79 Å². The molecule has 3 N–H and O–H groups in total. The highest BCUT2D eigenvalue weighted by Crippen LogP contribution is 2.21. The third-order valence-corrected chi connectivity index (χ3v) is 6.56. The van der Waals surface area contributed by atoms with Gasteiger partial charge in [0.15, 0.2) is 0 Å². The zero-order chi connectivity index (χ0) is 19.4. The van der Waals surface area contributed by atoms with Crippen molar-refractivity contribution in [2.45, 2.75) is 18.9 Å². The van der Waals surface area contributed by atoms with E-state index >= 15 is 0 Å². The average Bonchev–Trinajstić information content (AvgIpc) is 2.64. The van der Waals surface area contributed by atoms with Gasteiger partial charge < -0.3 is 15.1 Å². The van der Waals surface area contributed by atoms with E-state index in [0.29, 0.717) is 19.0 Å². The third-order valence-electron chi connectivity index (χ3n) is 5.47. The lowest BCUT2D eigenvalue weighted by Gasteiger charge is -2.39. The van der Waals surface area contributed by atoms with Crippen LogP contribution in [-0.4, -0.2) is 80.9 Å². The van der Waals surface area contributed by atoms with Crippen LogP contribution in [0, 0.1) is 5.92 Å². The summed E-state index contributed by atoms with van der Waals surface area (Å²) in [6.45, 7) is 3.10. The summed E-state index contributed by atoms with van der Waals surface area (Å²) in [5.41, 5.74) is 1.28. The van der Waals surface area contributed by atoms with Crippen LogP contribution in [0.25, 0.3) is 0 Å². The number of carbonyl (C=O) groups excluding carboxylic acids is 1. The Balaban J connectivity index is 1.58. The Labute approximate surface area is 161 Å². The summed E-state index contributed by atoms with van der Waals surface area (Å²) in [5.74, 6) is 0.348. The van der Waals surface area contributed by atoms with Gasteiger partial charge in [-0.05, 0) is 37.9 Å². The second kappa shape index (κ2) is 8.55. The molecule has 1 aromatic rings. The number of urea groups is 1. The molecule has 2 atom stereocenters. The van der Waals surface area contributed by atoms with Gasteiger partial charge >= 0.3 is 6.03 Å². The monoisotopic (exact) mass is 395 g/mol. The molecule has 2 saturated heterocycles. The quantitative estimate of drug-likeness (QED) is 0.754. The molecule has 3 rings (SSSR count). The van der Waals surface area contributed by atoms with Crippen molar-refractivity contribution < 1.29 is 13.2 Å². The molecule has 8 nitrogen and oxygen atoms in total. The number of piperazine rings is 1. The summed E-state index contributed by atoms with van der Waals surface area (Å²) in [4.78, 5) is 16.7. The van der Waals surface area contributed by atoms with Crippen molar-refractivity contribution in [2.75, 3.05) is 46.3 Å². The summed E-state index contributed by atoms with van der Waals surface area (Å²) in [7, 11) is -1.57. The standard InChI is InChI=1S/C18H29N5O3S/c1-21-8-7-17(16(14-21)13-15-5-3-2-4-6-15)20-18(24)22-9-11-23(12-10-22)27(19,25)26/h2-6,16-17H,7-14H2,1H3,(H,20,24)(H2,19,25,26)/t16-,17+/m0/s1. The molecular formula is C18H29N5O3S. The molecule has 2 amide bonds. The summed E-state index contributed by atoms with van der Waals surface area (Å²) < 4.78 is 24.0. The molecule has 2 aliphatic rings. The first kappa shape index (κ1) is 20.1. The number of nitrogens with zero attached hydrogens (tertiary/aromatic N) is 3. The molecule has 0 saturated carbocycles. The molecular weight excluding hydrogens is 366 g/mol. The lowest BCUT2D eigenvalue weighted by molar-refractivity contribution is 0.139. The first-order chi connectivity index (χ1) is 12.8. The van der Waals surface area contributed by atoms with Crippen LogP contribution in [-0.2, 0) is 16.6 Å². The van der Waals surface area contributed by atoms with Gasteiger partial charge in [0.1, 0.15) is 0 Å². The van der Waals surface area contributed by atoms with E-state index in [1.807, 2.05) is 18.2 Å². The average molecular weight is 396 g/mol. The summed E-state index contributed by atoms with van der Waals surface area (Å²) in [5, 5.41) is 8.35. The maximum absolute atomic E-state index is 12.7. The third kappa shape index (κ3) is 5.41. The summed E-state index contributed by atoms with van der Waals surface area (Å²) in [6, 6.07) is 10.3. The highest BCUT2D eigenvalue weighted by Gasteiger charge is 2.32. The number of amides is 2. The van der Waals surface area contributed by atoms with Crippen molar-refractivity contribution in [3.8, 4) is 0 Å². The number of benzene rings is 1. The van der Waals surface area contributed by atoms with Crippen molar-refractivity contribution in [1.82, 2.24) is 19.4 Å². The van der Waals surface area contributed by atoms with Crippen molar-refractivity contribution in [1.29, 1.82) is 0 Å². The van der Waals surface area contributed by atoms with Crippen LogP contribution in [0.15, 0.2) is 30.3 Å². The van der Waals surface area contributed by atoms with Gasteiger partial charge in [0.2, 0.25) is 0 Å². The van der Waals surface area contributed by atoms with Crippen LogP contribution in [0.3, 0.4) is 0 Å². The molecule has 0 aromatic heterocycles. The number of hydrogen-bond donors (Lipinski definition) is 2. The Morgan fingerprint density at radius 3 is 2.44 bits per heavy atom. The molecule has 2 fully saturated rings. The van der Waals surface area contributed by atoms with Crippen LogP contribution in [0.1, 0.15) is 12.0 Å². The van der Waals surface area contributed by atoms with Gasteiger partial charge in [0, 0.05) is 38.8 Å². The van der Waals surface area contributed by atoms with E-state index in [2.05, 4.69) is 29.4 Å². The molecule has 2 heterocycles. The normalized spacial score (nSPS) is 25.3. The Morgan fingerprint density at radius 1 is 1.15 bits per heavy atom. The Kier molecular flexibility index (Phi) is 6.36. The van der Waals surface area contributed by atoms with E-state index in [1.54, 1.807) is 4.90 Å². The van der Waals surface area contributed by atoms with E-state index in [4.69, 9.17) is 5.14 Å². The lowest BCUT2D eigenvalue weighted by Crippen LogP contribution is -2.58. The molecule has 0 bridgehead atoms. The fourth-order valence-corrected chi connectivity index (χ4v) is 4.60. The molecule has 27 heavy (non-hydrogen) atoms. The number of nitrogens with two attached hydrogens (primary N) is 1. The molecule has 2 aliphatic heterocycles. The van der Waals surface area contributed by atoms with Gasteiger partial charge in [-0.15, -0.1) is 0 Å². The predicted octanol–water partition coefficient (Wildman–Crippen LogP) is 0.0801. The van der Waals surface area contributed by atoms with Gasteiger partial charge in [-0.1, -0.05) is 30.3 Å². The maximum atomic E-state index is 12.7. The van der Waals surface area contributed by atoms with E-state index in [9.17, 15) is 13.2 Å². The first-order valence-electron chi connectivity index (χ1n) is 9.38. The van der Waals surface area contributed by atoms with Gasteiger partial charge in [-0.25, -0.2) is 9.93 Å². The van der Waals surface area contributed by atoms with Gasteiger partial charge in [0.25, 0.3) is 10.2 Å². The van der Waals surface area contributed by atoms with E-state index in [-0.39, 0.29) is 25.2 Å². The van der Waals surface area contributed by atoms with Crippen LogP contribution < -0.4 is 10.5 Å². The van der Waals surface area contributed by atoms with Crippen LogP contribution in [0.5, 0.6) is 0 Å². The lowest BCUT2D eigenvalue weighted by atomic mass is 9.87. The molecule has 0 radical (unpaired) electrons. The van der Waals surface area contributed by atoms with E-state index in [1.165, 1.54) is 9.87 Å². The second-order valence-electron chi connectivity index (χ2n) is 7.49. The maximum Gasteiger partial charge on any atom is 0.317 e. The highest BCUT2D eigenvalue weighted by molar-refractivity contribution is 7.86. The summed E-state index contributed by atoms with van der Waals surface area (Å²) >= 11 is 0. The van der Waals surface area contributed by atoms with Crippen molar-refractivity contribution in [3.05, 3.63) is 35.9 Å². The van der Waals surface area contributed by atoms with E-state index < -0.39 is 10.2 Å². The number of rotatable bonds is 4. The van der Waals surface area contributed by atoms with Gasteiger partial charge in [-0.3, -0.25) is 0 Å². The molecule has 1 aromatic carbocycles. The van der Waals surface area contributed by atoms with Crippen molar-refractivity contribution in [2.24, 2.45) is 11.1 Å². The fraction of sp³-hybridized carbons (Fsp3) is 0.611. The molecule has 0 unspecified atom stereocenters. The van der Waals surface area contributed by atoms with Crippen molar-refractivity contribution >= 4 is 16.2 Å². The highest BCUT2D eigenvalue weighted by atomic mass is 32.2. The van der Waals surface area contributed by atoms with Crippen LogP contribution >= 0.6 is 0 Å². The number of hydrogen-bond acceptors (Lipinski definition) is 4. The smallest absolute Gasteiger partial charge is 0.317 e. The van der Waals surface area contributed by atoms with E-state index in [0.717, 1.165) is 25.9 Å². The predicted molar refractivity (Wildman–Crippen MR) is 104 cm³/mol.